The normalized spacial score (nSPS) is 12.3. The molecule has 4 nitrogen and oxygen atoms in total. The number of ether oxygens (including phenoxy) is 1. The van der Waals surface area contributed by atoms with Crippen molar-refractivity contribution in [3.63, 3.8) is 0 Å². The lowest BCUT2D eigenvalue weighted by Gasteiger charge is -2.14. The minimum absolute atomic E-state index is 0.531. The summed E-state index contributed by atoms with van der Waals surface area (Å²) < 4.78 is 7.42. The van der Waals surface area contributed by atoms with E-state index in [-0.39, 0.29) is 0 Å². The third-order valence-corrected chi connectivity index (χ3v) is 3.22. The molecule has 0 radical (unpaired) electrons. The molecule has 1 heterocycles. The molecule has 0 aliphatic carbocycles. The minimum Gasteiger partial charge on any atom is -0.494 e. The van der Waals surface area contributed by atoms with Crippen LogP contribution in [0.25, 0.3) is 0 Å². The molecule has 1 N–H and O–H groups in total. The van der Waals surface area contributed by atoms with Crippen LogP contribution in [-0.4, -0.2) is 21.3 Å². The first-order valence-electron chi connectivity index (χ1n) is 7.15. The van der Waals surface area contributed by atoms with Crippen LogP contribution in [-0.2, 0) is 13.0 Å². The summed E-state index contributed by atoms with van der Waals surface area (Å²) in [6.45, 7) is 5.26. The molecular formula is C16H22N2O2. The van der Waals surface area contributed by atoms with Crippen molar-refractivity contribution in [3.8, 4) is 5.75 Å². The molecule has 0 amide bonds. The Morgan fingerprint density at radius 2 is 2.00 bits per heavy atom. The van der Waals surface area contributed by atoms with E-state index in [1.165, 1.54) is 0 Å². The summed E-state index contributed by atoms with van der Waals surface area (Å²) in [6.07, 6.45) is 5.16. The number of aliphatic hydroxyl groups excluding tert-OH is 1. The zero-order valence-corrected chi connectivity index (χ0v) is 12.1. The molecule has 20 heavy (non-hydrogen) atoms. The van der Waals surface area contributed by atoms with Crippen molar-refractivity contribution in [2.45, 2.75) is 39.3 Å². The lowest BCUT2D eigenvalue weighted by atomic mass is 10.1. The first-order valence-corrected chi connectivity index (χ1v) is 7.15. The molecule has 0 aliphatic rings. The van der Waals surface area contributed by atoms with Gasteiger partial charge in [0.25, 0.3) is 0 Å². The van der Waals surface area contributed by atoms with Crippen molar-refractivity contribution < 1.29 is 9.84 Å². The topological polar surface area (TPSA) is 47.3 Å². The van der Waals surface area contributed by atoms with Gasteiger partial charge in [-0.25, -0.2) is 4.98 Å². The van der Waals surface area contributed by atoms with Gasteiger partial charge in [0.2, 0.25) is 0 Å². The fraction of sp³-hybridized carbons (Fsp3) is 0.438. The third kappa shape index (κ3) is 3.61. The molecule has 0 aliphatic heterocycles. The fourth-order valence-electron chi connectivity index (χ4n) is 2.20. The Morgan fingerprint density at radius 1 is 1.25 bits per heavy atom. The number of hydrogen-bond acceptors (Lipinski definition) is 3. The van der Waals surface area contributed by atoms with Crippen molar-refractivity contribution in [2.24, 2.45) is 0 Å². The number of imidazole rings is 1. The van der Waals surface area contributed by atoms with Gasteiger partial charge in [0.05, 0.1) is 19.3 Å². The summed E-state index contributed by atoms with van der Waals surface area (Å²) in [5, 5.41) is 10.3. The molecule has 0 bridgehead atoms. The van der Waals surface area contributed by atoms with Gasteiger partial charge in [-0.3, -0.25) is 0 Å². The standard InChI is InChI=1S/C16H22N2O2/c1-3-5-16-17-10-11-18(16)12-15(19)13-6-8-14(9-7-13)20-4-2/h6-11,15,19H,3-5,12H2,1-2H3. The molecule has 4 heteroatoms. The Morgan fingerprint density at radius 3 is 2.65 bits per heavy atom. The summed E-state index contributed by atoms with van der Waals surface area (Å²) in [6, 6.07) is 7.60. The van der Waals surface area contributed by atoms with E-state index >= 15 is 0 Å². The monoisotopic (exact) mass is 274 g/mol. The van der Waals surface area contributed by atoms with Crippen molar-refractivity contribution in [1.29, 1.82) is 0 Å². The maximum atomic E-state index is 10.3. The number of hydrogen-bond donors (Lipinski definition) is 1. The van der Waals surface area contributed by atoms with Gasteiger partial charge in [0.15, 0.2) is 0 Å². The van der Waals surface area contributed by atoms with Crippen LogP contribution >= 0.6 is 0 Å². The second-order valence-corrected chi connectivity index (χ2v) is 4.76. The smallest absolute Gasteiger partial charge is 0.119 e. The highest BCUT2D eigenvalue weighted by Crippen LogP contribution is 2.20. The molecule has 1 aromatic heterocycles. The second-order valence-electron chi connectivity index (χ2n) is 4.76. The van der Waals surface area contributed by atoms with Crippen LogP contribution in [0.3, 0.4) is 0 Å². The Bertz CT molecular complexity index is 520. The first-order chi connectivity index (χ1) is 9.74. The van der Waals surface area contributed by atoms with E-state index in [0.29, 0.717) is 13.2 Å². The Labute approximate surface area is 120 Å². The van der Waals surface area contributed by atoms with Crippen LogP contribution in [0, 0.1) is 0 Å². The van der Waals surface area contributed by atoms with E-state index in [2.05, 4.69) is 11.9 Å². The number of benzene rings is 1. The van der Waals surface area contributed by atoms with Crippen molar-refractivity contribution in [3.05, 3.63) is 48.0 Å². The van der Waals surface area contributed by atoms with E-state index in [1.54, 1.807) is 6.20 Å². The van der Waals surface area contributed by atoms with Gasteiger partial charge in [0, 0.05) is 18.8 Å². The summed E-state index contributed by atoms with van der Waals surface area (Å²) in [7, 11) is 0. The molecule has 108 valence electrons. The van der Waals surface area contributed by atoms with Crippen LogP contribution in [0.15, 0.2) is 36.7 Å². The lowest BCUT2D eigenvalue weighted by Crippen LogP contribution is -2.11. The van der Waals surface area contributed by atoms with Crippen LogP contribution in [0.2, 0.25) is 0 Å². The van der Waals surface area contributed by atoms with Gasteiger partial charge in [-0.05, 0) is 31.0 Å². The number of aliphatic hydroxyl groups is 1. The third-order valence-electron chi connectivity index (χ3n) is 3.22. The van der Waals surface area contributed by atoms with Crippen LogP contribution in [0.1, 0.15) is 37.8 Å². The van der Waals surface area contributed by atoms with Crippen molar-refractivity contribution in [2.75, 3.05) is 6.61 Å². The van der Waals surface area contributed by atoms with E-state index in [1.807, 2.05) is 42.0 Å². The van der Waals surface area contributed by atoms with Gasteiger partial charge in [-0.1, -0.05) is 19.1 Å². The molecule has 2 rings (SSSR count). The van der Waals surface area contributed by atoms with Gasteiger partial charge in [0.1, 0.15) is 11.6 Å². The van der Waals surface area contributed by atoms with E-state index in [0.717, 1.165) is 30.0 Å². The average molecular weight is 274 g/mol. The molecule has 0 saturated carbocycles. The Kier molecular flexibility index (Phi) is 5.18. The predicted molar refractivity (Wildman–Crippen MR) is 78.8 cm³/mol. The second kappa shape index (κ2) is 7.10. The Hall–Kier alpha value is -1.81. The molecule has 0 fully saturated rings. The quantitative estimate of drug-likeness (QED) is 0.844. The summed E-state index contributed by atoms with van der Waals surface area (Å²) in [5.74, 6) is 1.86. The summed E-state index contributed by atoms with van der Waals surface area (Å²) in [4.78, 5) is 4.32. The van der Waals surface area contributed by atoms with Gasteiger partial charge < -0.3 is 14.4 Å². The molecule has 1 aromatic carbocycles. The lowest BCUT2D eigenvalue weighted by molar-refractivity contribution is 0.155. The van der Waals surface area contributed by atoms with Gasteiger partial charge in [-0.15, -0.1) is 0 Å². The van der Waals surface area contributed by atoms with Crippen LogP contribution in [0.4, 0.5) is 0 Å². The van der Waals surface area contributed by atoms with Crippen LogP contribution in [0.5, 0.6) is 5.75 Å². The fourth-order valence-corrected chi connectivity index (χ4v) is 2.20. The van der Waals surface area contributed by atoms with Gasteiger partial charge >= 0.3 is 0 Å². The molecule has 1 atom stereocenters. The first kappa shape index (κ1) is 14.6. The maximum Gasteiger partial charge on any atom is 0.119 e. The molecular weight excluding hydrogens is 252 g/mol. The highest BCUT2D eigenvalue weighted by atomic mass is 16.5. The van der Waals surface area contributed by atoms with E-state index in [4.69, 9.17) is 4.74 Å². The SMILES string of the molecule is CCCc1nccn1CC(O)c1ccc(OCC)cc1. The molecule has 0 saturated heterocycles. The summed E-state index contributed by atoms with van der Waals surface area (Å²) >= 11 is 0. The van der Waals surface area contributed by atoms with Gasteiger partial charge in [-0.2, -0.15) is 0 Å². The maximum absolute atomic E-state index is 10.3. The predicted octanol–water partition coefficient (Wildman–Crippen LogP) is 2.97. The highest BCUT2D eigenvalue weighted by Gasteiger charge is 2.11. The van der Waals surface area contributed by atoms with E-state index in [9.17, 15) is 5.11 Å². The zero-order chi connectivity index (χ0) is 14.4. The zero-order valence-electron chi connectivity index (χ0n) is 12.1. The molecule has 2 aromatic rings. The van der Waals surface area contributed by atoms with Crippen molar-refractivity contribution >= 4 is 0 Å². The number of aromatic nitrogens is 2. The largest absolute Gasteiger partial charge is 0.494 e. The summed E-state index contributed by atoms with van der Waals surface area (Å²) in [5.41, 5.74) is 0.893. The molecule has 1 unspecified atom stereocenters. The highest BCUT2D eigenvalue weighted by molar-refractivity contribution is 5.28. The Balaban J connectivity index is 2.03. The number of aryl methyl sites for hydroxylation is 1. The average Bonchev–Trinajstić information content (AvgIpc) is 2.88. The molecule has 0 spiro atoms. The van der Waals surface area contributed by atoms with Crippen molar-refractivity contribution in [1.82, 2.24) is 9.55 Å². The minimum atomic E-state index is -0.532. The van der Waals surface area contributed by atoms with Crippen LogP contribution < -0.4 is 4.74 Å². The number of rotatable bonds is 7. The van der Waals surface area contributed by atoms with E-state index < -0.39 is 6.10 Å². The number of nitrogens with zero attached hydrogens (tertiary/aromatic N) is 2.